The maximum Gasteiger partial charge on any atom is 0.252 e. The van der Waals surface area contributed by atoms with Crippen LogP contribution >= 0.6 is 23.2 Å². The minimum absolute atomic E-state index is 0.0206. The van der Waals surface area contributed by atoms with Gasteiger partial charge in [-0.25, -0.2) is 0 Å². The van der Waals surface area contributed by atoms with Crippen molar-refractivity contribution in [2.75, 3.05) is 27.4 Å². The average Bonchev–Trinajstić information content (AvgIpc) is 2.94. The standard InChI is InChI=1S/C24H30ClNO5.C6H5Cl/c1-5-20(14-30-13-17-6-11-22(28-3)23(12-17)29-4)26-21(15-31-16(2)24(26)27)18-7-9-19(25)10-8-18;7-6-4-2-1-3-5-6/h6-12,16,20-21H,5,13-15H2,1-4H3;1-5H. The van der Waals surface area contributed by atoms with Crippen LogP contribution in [-0.2, 0) is 20.9 Å². The minimum Gasteiger partial charge on any atom is -0.493 e. The Hall–Kier alpha value is -2.77. The van der Waals surface area contributed by atoms with Gasteiger partial charge in [0.1, 0.15) is 6.10 Å². The van der Waals surface area contributed by atoms with Crippen molar-refractivity contribution < 1.29 is 23.7 Å². The number of ether oxygens (including phenoxy) is 4. The Morgan fingerprint density at radius 2 is 1.61 bits per heavy atom. The number of amides is 1. The Kier molecular flexibility index (Phi) is 11.7. The Bertz CT molecular complexity index is 1140. The lowest BCUT2D eigenvalue weighted by Gasteiger charge is -2.43. The number of carbonyl (C=O) groups is 1. The fourth-order valence-corrected chi connectivity index (χ4v) is 4.49. The van der Waals surface area contributed by atoms with Gasteiger partial charge in [0.15, 0.2) is 11.5 Å². The molecule has 1 heterocycles. The van der Waals surface area contributed by atoms with Crippen LogP contribution in [0.1, 0.15) is 37.4 Å². The molecule has 0 aromatic heterocycles. The van der Waals surface area contributed by atoms with Gasteiger partial charge in [-0.15, -0.1) is 0 Å². The molecule has 204 valence electrons. The molecule has 0 aliphatic carbocycles. The number of halogens is 2. The lowest BCUT2D eigenvalue weighted by molar-refractivity contribution is -0.164. The molecule has 1 amide bonds. The smallest absolute Gasteiger partial charge is 0.252 e. The van der Waals surface area contributed by atoms with E-state index in [1.807, 2.05) is 77.7 Å². The number of morpholine rings is 1. The summed E-state index contributed by atoms with van der Waals surface area (Å²) in [5, 5.41) is 1.46. The van der Waals surface area contributed by atoms with Gasteiger partial charge in [0, 0.05) is 10.0 Å². The highest BCUT2D eigenvalue weighted by molar-refractivity contribution is 6.30. The van der Waals surface area contributed by atoms with Crippen molar-refractivity contribution in [3.63, 3.8) is 0 Å². The van der Waals surface area contributed by atoms with Crippen molar-refractivity contribution in [2.24, 2.45) is 0 Å². The molecule has 1 aliphatic rings. The zero-order chi connectivity index (χ0) is 27.5. The third kappa shape index (κ3) is 8.11. The first kappa shape index (κ1) is 29.8. The van der Waals surface area contributed by atoms with Crippen molar-refractivity contribution in [1.82, 2.24) is 4.90 Å². The molecule has 3 unspecified atom stereocenters. The maximum absolute atomic E-state index is 13.1. The summed E-state index contributed by atoms with van der Waals surface area (Å²) in [5.74, 6) is 1.32. The van der Waals surface area contributed by atoms with Gasteiger partial charge in [0.2, 0.25) is 0 Å². The number of rotatable bonds is 9. The third-order valence-corrected chi connectivity index (χ3v) is 6.83. The number of nitrogens with zero attached hydrogens (tertiary/aromatic N) is 1. The molecule has 0 saturated carbocycles. The molecule has 8 heteroatoms. The molecule has 1 aliphatic heterocycles. The first-order valence-corrected chi connectivity index (χ1v) is 13.3. The summed E-state index contributed by atoms with van der Waals surface area (Å²) in [6.07, 6.45) is 0.303. The predicted octanol–water partition coefficient (Wildman–Crippen LogP) is 6.98. The van der Waals surface area contributed by atoms with Gasteiger partial charge in [-0.3, -0.25) is 4.79 Å². The van der Waals surface area contributed by atoms with Crippen LogP contribution in [-0.4, -0.2) is 50.4 Å². The molecule has 1 saturated heterocycles. The molecular formula is C30H35Cl2NO5. The highest BCUT2D eigenvalue weighted by Crippen LogP contribution is 2.31. The normalized spacial score (nSPS) is 17.8. The Labute approximate surface area is 235 Å². The minimum atomic E-state index is -0.469. The van der Waals surface area contributed by atoms with Crippen molar-refractivity contribution in [3.05, 3.63) is 94.0 Å². The van der Waals surface area contributed by atoms with Gasteiger partial charge in [0.25, 0.3) is 5.91 Å². The summed E-state index contributed by atoms with van der Waals surface area (Å²) in [4.78, 5) is 15.0. The van der Waals surface area contributed by atoms with Gasteiger partial charge in [-0.05, 0) is 60.9 Å². The molecule has 6 nitrogen and oxygen atoms in total. The molecule has 3 aromatic rings. The Morgan fingerprint density at radius 1 is 0.947 bits per heavy atom. The van der Waals surface area contributed by atoms with Crippen LogP contribution in [0, 0.1) is 0 Å². The lowest BCUT2D eigenvalue weighted by atomic mass is 10.00. The summed E-state index contributed by atoms with van der Waals surface area (Å²) in [5.41, 5.74) is 1.98. The fourth-order valence-electron chi connectivity index (χ4n) is 4.22. The monoisotopic (exact) mass is 559 g/mol. The molecule has 1 fully saturated rings. The van der Waals surface area contributed by atoms with E-state index in [4.69, 9.17) is 42.1 Å². The van der Waals surface area contributed by atoms with E-state index in [-0.39, 0.29) is 18.0 Å². The van der Waals surface area contributed by atoms with E-state index >= 15 is 0 Å². The van der Waals surface area contributed by atoms with E-state index in [1.165, 1.54) is 0 Å². The van der Waals surface area contributed by atoms with Crippen LogP contribution in [0.15, 0.2) is 72.8 Å². The molecule has 38 heavy (non-hydrogen) atoms. The SMILES string of the molecule is CCC(COCc1ccc(OC)c(OC)c1)N1C(=O)C(C)OCC1c1ccc(Cl)cc1.Clc1ccccc1. The summed E-state index contributed by atoms with van der Waals surface area (Å²) >= 11 is 11.6. The van der Waals surface area contributed by atoms with Crippen molar-refractivity contribution in [3.8, 4) is 11.5 Å². The van der Waals surface area contributed by atoms with Gasteiger partial charge < -0.3 is 23.8 Å². The number of benzene rings is 3. The lowest BCUT2D eigenvalue weighted by Crippen LogP contribution is -2.54. The number of hydrogen-bond acceptors (Lipinski definition) is 5. The summed E-state index contributed by atoms with van der Waals surface area (Å²) in [7, 11) is 3.22. The van der Waals surface area contributed by atoms with Crippen LogP contribution in [0.25, 0.3) is 0 Å². The fraction of sp³-hybridized carbons (Fsp3) is 0.367. The van der Waals surface area contributed by atoms with Gasteiger partial charge in [-0.1, -0.05) is 66.5 Å². The van der Waals surface area contributed by atoms with Crippen molar-refractivity contribution >= 4 is 29.1 Å². The average molecular weight is 561 g/mol. The maximum atomic E-state index is 13.1. The van der Waals surface area contributed by atoms with E-state index in [1.54, 1.807) is 21.1 Å². The molecule has 0 spiro atoms. The molecule has 0 bridgehead atoms. The van der Waals surface area contributed by atoms with Crippen LogP contribution in [0.5, 0.6) is 11.5 Å². The largest absolute Gasteiger partial charge is 0.493 e. The number of methoxy groups -OCH3 is 2. The zero-order valence-corrected chi connectivity index (χ0v) is 23.7. The quantitative estimate of drug-likeness (QED) is 0.283. The van der Waals surface area contributed by atoms with Crippen LogP contribution in [0.3, 0.4) is 0 Å². The van der Waals surface area contributed by atoms with Gasteiger partial charge >= 0.3 is 0 Å². The van der Waals surface area contributed by atoms with E-state index in [0.29, 0.717) is 36.3 Å². The molecule has 0 radical (unpaired) electrons. The van der Waals surface area contributed by atoms with E-state index in [9.17, 15) is 4.79 Å². The summed E-state index contributed by atoms with van der Waals surface area (Å²) in [6.45, 7) is 5.14. The Balaban J connectivity index is 0.000000494. The van der Waals surface area contributed by atoms with Crippen LogP contribution in [0.4, 0.5) is 0 Å². The highest BCUT2D eigenvalue weighted by Gasteiger charge is 2.38. The Morgan fingerprint density at radius 3 is 2.18 bits per heavy atom. The van der Waals surface area contributed by atoms with Crippen molar-refractivity contribution in [1.29, 1.82) is 0 Å². The number of carbonyl (C=O) groups excluding carboxylic acids is 1. The zero-order valence-electron chi connectivity index (χ0n) is 22.2. The van der Waals surface area contributed by atoms with E-state index in [2.05, 4.69) is 6.92 Å². The van der Waals surface area contributed by atoms with Crippen molar-refractivity contribution in [2.45, 2.75) is 45.1 Å². The highest BCUT2D eigenvalue weighted by atomic mass is 35.5. The molecule has 0 N–H and O–H groups in total. The second kappa shape index (κ2) is 15.0. The third-order valence-electron chi connectivity index (χ3n) is 6.32. The number of hydrogen-bond donors (Lipinski definition) is 0. The van der Waals surface area contributed by atoms with Crippen LogP contribution in [0.2, 0.25) is 10.0 Å². The topological polar surface area (TPSA) is 57.2 Å². The first-order valence-electron chi connectivity index (χ1n) is 12.6. The van der Waals surface area contributed by atoms with E-state index < -0.39 is 6.10 Å². The molecule has 3 atom stereocenters. The first-order chi connectivity index (χ1) is 18.4. The predicted molar refractivity (Wildman–Crippen MR) is 151 cm³/mol. The molecular weight excluding hydrogens is 525 g/mol. The van der Waals surface area contributed by atoms with Crippen LogP contribution < -0.4 is 9.47 Å². The molecule has 4 rings (SSSR count). The van der Waals surface area contributed by atoms with Gasteiger partial charge in [-0.2, -0.15) is 0 Å². The van der Waals surface area contributed by atoms with E-state index in [0.717, 1.165) is 22.6 Å². The molecule has 3 aromatic carbocycles. The summed E-state index contributed by atoms with van der Waals surface area (Å²) < 4.78 is 22.4. The summed E-state index contributed by atoms with van der Waals surface area (Å²) in [6, 6.07) is 22.5. The second-order valence-electron chi connectivity index (χ2n) is 8.85. The van der Waals surface area contributed by atoms with Gasteiger partial charge in [0.05, 0.1) is 46.1 Å². The second-order valence-corrected chi connectivity index (χ2v) is 9.72.